The molecule has 0 spiro atoms. The predicted molar refractivity (Wildman–Crippen MR) is 69.3 cm³/mol. The summed E-state index contributed by atoms with van der Waals surface area (Å²) in [6.45, 7) is 3.54. The Bertz CT molecular complexity index is 512. The monoisotopic (exact) mass is 228 g/mol. The van der Waals surface area contributed by atoms with Gasteiger partial charge in [-0.1, -0.05) is 18.2 Å². The number of nitrogens with two attached hydrogens (primary N) is 1. The summed E-state index contributed by atoms with van der Waals surface area (Å²) in [5.74, 6) is 0.507. The van der Waals surface area contributed by atoms with E-state index in [4.69, 9.17) is 5.73 Å². The van der Waals surface area contributed by atoms with E-state index in [0.29, 0.717) is 5.82 Å². The molecule has 0 radical (unpaired) electrons. The average molecular weight is 228 g/mol. The normalized spacial score (nSPS) is 11.5. The fraction of sp³-hybridized carbons (Fsp3) is 0.214. The zero-order chi connectivity index (χ0) is 12.5. The lowest BCUT2D eigenvalue weighted by molar-refractivity contribution is 0.0786. The smallest absolute Gasteiger partial charge is 0.123 e. The van der Waals surface area contributed by atoms with Crippen molar-refractivity contribution in [3.63, 3.8) is 0 Å². The topological polar surface area (TPSA) is 59.1 Å². The van der Waals surface area contributed by atoms with E-state index in [1.807, 2.05) is 30.3 Å². The minimum Gasteiger partial charge on any atom is -0.386 e. The standard InChI is InChI=1S/C14H16N2O/c1-14(2,17)12-5-3-4-10(8-12)11-6-7-13(15)16-9-11/h3-9,17H,1-2H3,(H2,15,16). The van der Waals surface area contributed by atoms with Crippen molar-refractivity contribution >= 4 is 5.82 Å². The number of hydrogen-bond acceptors (Lipinski definition) is 3. The molecule has 2 rings (SSSR count). The molecule has 3 nitrogen and oxygen atoms in total. The van der Waals surface area contributed by atoms with Crippen LogP contribution in [0.4, 0.5) is 5.82 Å². The second kappa shape index (κ2) is 4.18. The van der Waals surface area contributed by atoms with Crippen LogP contribution in [0.15, 0.2) is 42.6 Å². The molecule has 3 N–H and O–H groups in total. The van der Waals surface area contributed by atoms with Gasteiger partial charge in [-0.15, -0.1) is 0 Å². The summed E-state index contributed by atoms with van der Waals surface area (Å²) in [5, 5.41) is 9.97. The lowest BCUT2D eigenvalue weighted by atomic mass is 9.95. The van der Waals surface area contributed by atoms with Gasteiger partial charge < -0.3 is 10.8 Å². The van der Waals surface area contributed by atoms with Gasteiger partial charge in [0.1, 0.15) is 5.82 Å². The van der Waals surface area contributed by atoms with Gasteiger partial charge in [0.05, 0.1) is 5.60 Å². The van der Waals surface area contributed by atoms with Crippen molar-refractivity contribution in [1.82, 2.24) is 4.98 Å². The summed E-state index contributed by atoms with van der Waals surface area (Å²) in [6.07, 6.45) is 1.73. The highest BCUT2D eigenvalue weighted by molar-refractivity contribution is 5.64. The van der Waals surface area contributed by atoms with Crippen molar-refractivity contribution in [3.8, 4) is 11.1 Å². The van der Waals surface area contributed by atoms with Gasteiger partial charge in [0.2, 0.25) is 0 Å². The third-order valence-corrected chi connectivity index (χ3v) is 2.69. The van der Waals surface area contributed by atoms with E-state index < -0.39 is 5.60 Å². The van der Waals surface area contributed by atoms with Crippen molar-refractivity contribution in [1.29, 1.82) is 0 Å². The Labute approximate surface area is 101 Å². The molecular formula is C14H16N2O. The molecule has 0 amide bonds. The first kappa shape index (κ1) is 11.6. The zero-order valence-electron chi connectivity index (χ0n) is 10.0. The molecule has 0 aliphatic carbocycles. The second-order valence-corrected chi connectivity index (χ2v) is 4.61. The molecule has 2 aromatic rings. The van der Waals surface area contributed by atoms with Crippen molar-refractivity contribution < 1.29 is 5.11 Å². The third-order valence-electron chi connectivity index (χ3n) is 2.69. The number of nitrogen functional groups attached to an aromatic ring is 1. The van der Waals surface area contributed by atoms with Gasteiger partial charge in [-0.2, -0.15) is 0 Å². The molecule has 0 fully saturated rings. The van der Waals surface area contributed by atoms with E-state index in [1.54, 1.807) is 26.1 Å². The molecule has 1 aromatic heterocycles. The molecule has 0 saturated heterocycles. The van der Waals surface area contributed by atoms with Crippen LogP contribution < -0.4 is 5.73 Å². The van der Waals surface area contributed by atoms with E-state index in [1.165, 1.54) is 0 Å². The van der Waals surface area contributed by atoms with Crippen LogP contribution in [0, 0.1) is 0 Å². The minimum atomic E-state index is -0.836. The van der Waals surface area contributed by atoms with Gasteiger partial charge in [0, 0.05) is 11.8 Å². The number of rotatable bonds is 2. The van der Waals surface area contributed by atoms with Crippen molar-refractivity contribution in [2.24, 2.45) is 0 Å². The van der Waals surface area contributed by atoms with Gasteiger partial charge in [-0.05, 0) is 43.2 Å². The number of pyridine rings is 1. The van der Waals surface area contributed by atoms with Gasteiger partial charge in [-0.25, -0.2) is 4.98 Å². The number of aliphatic hydroxyl groups is 1. The Hall–Kier alpha value is -1.87. The van der Waals surface area contributed by atoms with Crippen LogP contribution in [-0.4, -0.2) is 10.1 Å². The molecule has 0 aliphatic heterocycles. The highest BCUT2D eigenvalue weighted by atomic mass is 16.3. The number of anilines is 1. The Morgan fingerprint density at radius 2 is 1.88 bits per heavy atom. The molecule has 3 heteroatoms. The van der Waals surface area contributed by atoms with Crippen LogP contribution >= 0.6 is 0 Å². The molecule has 0 unspecified atom stereocenters. The molecule has 0 saturated carbocycles. The van der Waals surface area contributed by atoms with Gasteiger partial charge in [0.15, 0.2) is 0 Å². The first-order valence-corrected chi connectivity index (χ1v) is 5.51. The Balaban J connectivity index is 2.43. The zero-order valence-corrected chi connectivity index (χ0v) is 10.0. The Morgan fingerprint density at radius 1 is 1.12 bits per heavy atom. The van der Waals surface area contributed by atoms with E-state index >= 15 is 0 Å². The fourth-order valence-corrected chi connectivity index (χ4v) is 1.66. The van der Waals surface area contributed by atoms with Crippen LogP contribution in [0.5, 0.6) is 0 Å². The van der Waals surface area contributed by atoms with Crippen LogP contribution in [0.25, 0.3) is 11.1 Å². The van der Waals surface area contributed by atoms with Crippen LogP contribution in [0.3, 0.4) is 0 Å². The lowest BCUT2D eigenvalue weighted by Gasteiger charge is -2.18. The number of hydrogen-bond donors (Lipinski definition) is 2. The van der Waals surface area contributed by atoms with E-state index in [2.05, 4.69) is 4.98 Å². The molecule has 0 aliphatic rings. The van der Waals surface area contributed by atoms with E-state index in [-0.39, 0.29) is 0 Å². The van der Waals surface area contributed by atoms with Crippen LogP contribution in [-0.2, 0) is 5.60 Å². The maximum atomic E-state index is 9.97. The van der Waals surface area contributed by atoms with Crippen molar-refractivity contribution in [3.05, 3.63) is 48.2 Å². The highest BCUT2D eigenvalue weighted by Crippen LogP contribution is 2.25. The predicted octanol–water partition coefficient (Wildman–Crippen LogP) is 2.56. The molecular weight excluding hydrogens is 212 g/mol. The molecule has 88 valence electrons. The van der Waals surface area contributed by atoms with Crippen molar-refractivity contribution in [2.45, 2.75) is 19.4 Å². The lowest BCUT2D eigenvalue weighted by Crippen LogP contribution is -2.15. The van der Waals surface area contributed by atoms with Gasteiger partial charge in [0.25, 0.3) is 0 Å². The van der Waals surface area contributed by atoms with Crippen molar-refractivity contribution in [2.75, 3.05) is 5.73 Å². The maximum Gasteiger partial charge on any atom is 0.123 e. The summed E-state index contributed by atoms with van der Waals surface area (Å²) < 4.78 is 0. The summed E-state index contributed by atoms with van der Waals surface area (Å²) >= 11 is 0. The fourth-order valence-electron chi connectivity index (χ4n) is 1.66. The first-order chi connectivity index (χ1) is 7.97. The largest absolute Gasteiger partial charge is 0.386 e. The number of aromatic nitrogens is 1. The van der Waals surface area contributed by atoms with E-state index in [0.717, 1.165) is 16.7 Å². The van der Waals surface area contributed by atoms with Crippen LogP contribution in [0.2, 0.25) is 0 Å². The van der Waals surface area contributed by atoms with Gasteiger partial charge >= 0.3 is 0 Å². The maximum absolute atomic E-state index is 9.97. The van der Waals surface area contributed by atoms with E-state index in [9.17, 15) is 5.11 Å². The Morgan fingerprint density at radius 3 is 2.47 bits per heavy atom. The third kappa shape index (κ3) is 2.63. The average Bonchev–Trinajstić information content (AvgIpc) is 2.29. The molecule has 1 heterocycles. The minimum absolute atomic E-state index is 0.507. The number of benzene rings is 1. The first-order valence-electron chi connectivity index (χ1n) is 5.51. The summed E-state index contributed by atoms with van der Waals surface area (Å²) in [5.41, 5.74) is 7.61. The summed E-state index contributed by atoms with van der Waals surface area (Å²) in [7, 11) is 0. The van der Waals surface area contributed by atoms with Crippen LogP contribution in [0.1, 0.15) is 19.4 Å². The Kier molecular flexibility index (Phi) is 2.86. The molecule has 0 bridgehead atoms. The number of nitrogens with zero attached hydrogens (tertiary/aromatic N) is 1. The molecule has 17 heavy (non-hydrogen) atoms. The SMILES string of the molecule is CC(C)(O)c1cccc(-c2ccc(N)nc2)c1. The quantitative estimate of drug-likeness (QED) is 0.830. The summed E-state index contributed by atoms with van der Waals surface area (Å²) in [6, 6.07) is 11.5. The second-order valence-electron chi connectivity index (χ2n) is 4.61. The molecule has 1 aromatic carbocycles. The highest BCUT2D eigenvalue weighted by Gasteiger charge is 2.15. The van der Waals surface area contributed by atoms with Gasteiger partial charge in [-0.3, -0.25) is 0 Å². The molecule has 0 atom stereocenters. The summed E-state index contributed by atoms with van der Waals surface area (Å²) in [4.78, 5) is 4.06.